The highest BCUT2D eigenvalue weighted by atomic mass is 16.7. The first kappa shape index (κ1) is 47.1. The fraction of sp³-hybridized carbons (Fsp3) is 0.286. The first-order valence-corrected chi connectivity index (χ1v) is 22.6. The van der Waals surface area contributed by atoms with Gasteiger partial charge in [-0.25, -0.2) is 9.59 Å². The van der Waals surface area contributed by atoms with E-state index in [1.165, 1.54) is 13.2 Å². The molecule has 67 heavy (non-hydrogen) atoms. The summed E-state index contributed by atoms with van der Waals surface area (Å²) in [5.41, 5.74) is 8.02. The van der Waals surface area contributed by atoms with Crippen LogP contribution in [0.1, 0.15) is 46.2 Å². The van der Waals surface area contributed by atoms with Gasteiger partial charge in [0.1, 0.15) is 31.0 Å². The molecule has 0 radical (unpaired) electrons. The van der Waals surface area contributed by atoms with E-state index in [2.05, 4.69) is 24.0 Å². The molecule has 6 aromatic carbocycles. The van der Waals surface area contributed by atoms with Gasteiger partial charge in [0.25, 0.3) is 0 Å². The molecule has 0 aromatic heterocycles. The van der Waals surface area contributed by atoms with Crippen molar-refractivity contribution in [1.29, 1.82) is 0 Å². The summed E-state index contributed by atoms with van der Waals surface area (Å²) in [5, 5.41) is 2.74. The minimum atomic E-state index is -1.82. The lowest BCUT2D eigenvalue weighted by Crippen LogP contribution is -2.68. The normalized spacial score (nSPS) is 20.7. The molecular formula is C56H57NO10. The standard InChI is InChI=1S/C56H57NO10/c1-4-56(66-39(2)50(54(58)60-3)57-55(59)65-37-48-46-31-19-17-29-44(46)45-30-18-20-32-47(45)48)53(64-36-43-27-15-8-16-28-43)52(63-35-42-25-13-7-14-26-42)51(62-34-41-23-11-6-12-24-41)49(67-56)38-61-33-40-21-9-5-10-22-40/h4-32,39,48-53H,1,33-38H2,2-3H3,(H,57,59)/t39?,49?,50-,51-,52+,53?,56-/m0/s1. The van der Waals surface area contributed by atoms with E-state index < -0.39 is 54.4 Å². The molecule has 1 aliphatic carbocycles. The quantitative estimate of drug-likeness (QED) is 0.0553. The van der Waals surface area contributed by atoms with Crippen molar-refractivity contribution < 1.29 is 47.5 Å². The van der Waals surface area contributed by atoms with Crippen molar-refractivity contribution in [3.8, 4) is 11.1 Å². The molecule has 1 saturated heterocycles. The molecular weight excluding hydrogens is 847 g/mol. The van der Waals surface area contributed by atoms with Gasteiger partial charge < -0.3 is 43.2 Å². The predicted octanol–water partition coefficient (Wildman–Crippen LogP) is 9.73. The number of hydrogen-bond acceptors (Lipinski definition) is 10. The Labute approximate surface area is 392 Å². The van der Waals surface area contributed by atoms with Crippen LogP contribution >= 0.6 is 0 Å². The van der Waals surface area contributed by atoms with E-state index in [1.54, 1.807) is 6.92 Å². The lowest BCUT2D eigenvalue weighted by atomic mass is 9.90. The second kappa shape index (κ2) is 22.8. The second-order valence-corrected chi connectivity index (χ2v) is 16.6. The zero-order valence-electron chi connectivity index (χ0n) is 37.8. The van der Waals surface area contributed by atoms with E-state index in [0.717, 1.165) is 44.5 Å². The maximum Gasteiger partial charge on any atom is 0.407 e. The van der Waals surface area contributed by atoms with Gasteiger partial charge in [0.05, 0.1) is 46.2 Å². The first-order valence-electron chi connectivity index (χ1n) is 22.6. The summed E-state index contributed by atoms with van der Waals surface area (Å²) in [4.78, 5) is 27.5. The van der Waals surface area contributed by atoms with Crippen LogP contribution in [0.3, 0.4) is 0 Å². The van der Waals surface area contributed by atoms with Gasteiger partial charge in [0.15, 0.2) is 6.04 Å². The highest BCUT2D eigenvalue weighted by Gasteiger charge is 2.58. The van der Waals surface area contributed by atoms with E-state index in [9.17, 15) is 9.59 Å². The lowest BCUT2D eigenvalue weighted by Gasteiger charge is -2.52. The number of benzene rings is 6. The smallest absolute Gasteiger partial charge is 0.407 e. The topological polar surface area (TPSA) is 120 Å². The average Bonchev–Trinajstić information content (AvgIpc) is 3.70. The molecule has 1 aliphatic heterocycles. The maximum atomic E-state index is 13.8. The number of ether oxygens (including phenoxy) is 8. The number of carbonyl (C=O) groups is 2. The van der Waals surface area contributed by atoms with Gasteiger partial charge in [0, 0.05) is 5.92 Å². The number of fused-ring (bicyclic) bond motifs is 3. The monoisotopic (exact) mass is 903 g/mol. The molecule has 3 unspecified atom stereocenters. The Morgan fingerprint density at radius 3 is 1.60 bits per heavy atom. The average molecular weight is 904 g/mol. The third kappa shape index (κ3) is 11.6. The van der Waals surface area contributed by atoms with Crippen LogP contribution in [0, 0.1) is 0 Å². The highest BCUT2D eigenvalue weighted by molar-refractivity contribution is 5.82. The molecule has 0 spiro atoms. The number of hydrogen-bond donors (Lipinski definition) is 1. The Bertz CT molecular complexity index is 2460. The van der Waals surface area contributed by atoms with Gasteiger partial charge in [-0.1, -0.05) is 176 Å². The molecule has 1 fully saturated rings. The number of alkyl carbamates (subject to hydrolysis) is 1. The predicted molar refractivity (Wildman–Crippen MR) is 254 cm³/mol. The van der Waals surface area contributed by atoms with Crippen LogP contribution in [0.4, 0.5) is 4.79 Å². The van der Waals surface area contributed by atoms with Crippen molar-refractivity contribution >= 4 is 12.1 Å². The molecule has 0 bridgehead atoms. The molecule has 11 nitrogen and oxygen atoms in total. The molecule has 1 N–H and O–H groups in total. The Morgan fingerprint density at radius 2 is 1.09 bits per heavy atom. The number of methoxy groups -OCH3 is 1. The Morgan fingerprint density at radius 1 is 0.627 bits per heavy atom. The fourth-order valence-corrected chi connectivity index (χ4v) is 8.80. The number of esters is 1. The molecule has 7 atom stereocenters. The van der Waals surface area contributed by atoms with Crippen LogP contribution in [-0.2, 0) is 69.1 Å². The van der Waals surface area contributed by atoms with Crippen LogP contribution in [0.15, 0.2) is 183 Å². The summed E-state index contributed by atoms with van der Waals surface area (Å²) in [6, 6.07) is 54.0. The van der Waals surface area contributed by atoms with Gasteiger partial charge in [-0.2, -0.15) is 0 Å². The number of nitrogens with one attached hydrogen (secondary N) is 1. The first-order chi connectivity index (χ1) is 32.9. The molecule has 1 amide bonds. The van der Waals surface area contributed by atoms with Gasteiger partial charge in [-0.3, -0.25) is 0 Å². The molecule has 346 valence electrons. The SMILES string of the molecule is C=C[C@]1(OC(C)[C@H](NC(=O)OCC2c3ccccc3-c3ccccc32)C(=O)OC)OC(COCc2ccccc2)[C@H](OCc2ccccc2)[C@@H](OCc2ccccc2)C1OCc1ccccc1. The summed E-state index contributed by atoms with van der Waals surface area (Å²) in [7, 11) is 1.25. The van der Waals surface area contributed by atoms with E-state index in [-0.39, 0.29) is 39.0 Å². The summed E-state index contributed by atoms with van der Waals surface area (Å²) in [6.07, 6.45) is -3.97. The van der Waals surface area contributed by atoms with Crippen LogP contribution in [-0.4, -0.2) is 74.7 Å². The maximum absolute atomic E-state index is 13.8. The zero-order valence-corrected chi connectivity index (χ0v) is 37.8. The van der Waals surface area contributed by atoms with Crippen molar-refractivity contribution in [3.63, 3.8) is 0 Å². The van der Waals surface area contributed by atoms with E-state index in [4.69, 9.17) is 37.9 Å². The van der Waals surface area contributed by atoms with Crippen molar-refractivity contribution in [2.45, 2.75) is 81.6 Å². The highest BCUT2D eigenvalue weighted by Crippen LogP contribution is 2.45. The van der Waals surface area contributed by atoms with Gasteiger partial charge in [-0.05, 0) is 57.5 Å². The summed E-state index contributed by atoms with van der Waals surface area (Å²) < 4.78 is 52.2. The Balaban J connectivity index is 1.10. The summed E-state index contributed by atoms with van der Waals surface area (Å²) in [6.45, 7) is 6.83. The largest absolute Gasteiger partial charge is 0.467 e. The molecule has 11 heteroatoms. The van der Waals surface area contributed by atoms with Crippen LogP contribution in [0.5, 0.6) is 0 Å². The van der Waals surface area contributed by atoms with Crippen molar-refractivity contribution in [2.75, 3.05) is 20.3 Å². The molecule has 2 aliphatic rings. The fourth-order valence-electron chi connectivity index (χ4n) is 8.80. The van der Waals surface area contributed by atoms with E-state index in [0.29, 0.717) is 6.61 Å². The number of carbonyl (C=O) groups excluding carboxylic acids is 2. The van der Waals surface area contributed by atoms with Crippen molar-refractivity contribution in [3.05, 3.63) is 216 Å². The van der Waals surface area contributed by atoms with Crippen molar-refractivity contribution in [1.82, 2.24) is 5.32 Å². The minimum Gasteiger partial charge on any atom is -0.467 e. The zero-order chi connectivity index (χ0) is 46.4. The Hall–Kier alpha value is -6.44. The molecule has 1 heterocycles. The van der Waals surface area contributed by atoms with E-state index in [1.807, 2.05) is 158 Å². The van der Waals surface area contributed by atoms with Gasteiger partial charge >= 0.3 is 12.1 Å². The molecule has 6 aromatic rings. The lowest BCUT2D eigenvalue weighted by molar-refractivity contribution is -0.372. The minimum absolute atomic E-state index is 0.0353. The van der Waals surface area contributed by atoms with Gasteiger partial charge in [0.2, 0.25) is 5.79 Å². The molecule has 8 rings (SSSR count). The van der Waals surface area contributed by atoms with Crippen LogP contribution in [0.2, 0.25) is 0 Å². The van der Waals surface area contributed by atoms with Crippen molar-refractivity contribution in [2.24, 2.45) is 0 Å². The van der Waals surface area contributed by atoms with Crippen LogP contribution < -0.4 is 5.32 Å². The molecule has 0 saturated carbocycles. The van der Waals surface area contributed by atoms with Crippen LogP contribution in [0.25, 0.3) is 11.1 Å². The summed E-state index contributed by atoms with van der Waals surface area (Å²) >= 11 is 0. The second-order valence-electron chi connectivity index (χ2n) is 16.6. The summed E-state index contributed by atoms with van der Waals surface area (Å²) in [5.74, 6) is -2.78. The Kier molecular flexibility index (Phi) is 16.0. The number of rotatable bonds is 21. The van der Waals surface area contributed by atoms with Gasteiger partial charge in [-0.15, -0.1) is 0 Å². The third-order valence-electron chi connectivity index (χ3n) is 12.2. The van der Waals surface area contributed by atoms with E-state index >= 15 is 0 Å². The third-order valence-corrected chi connectivity index (χ3v) is 12.2. The number of amides is 1.